The molecule has 0 spiro atoms. The van der Waals surface area contributed by atoms with Crippen molar-refractivity contribution in [3.63, 3.8) is 0 Å². The summed E-state index contributed by atoms with van der Waals surface area (Å²) in [5.41, 5.74) is 1.86. The molecular formula is C21H35FN2O. The fraction of sp³-hybridized carbons (Fsp3) is 0.762. The number of pyridine rings is 1. The second-order valence-electron chi connectivity index (χ2n) is 8.99. The van der Waals surface area contributed by atoms with E-state index in [0.29, 0.717) is 29.5 Å². The third kappa shape index (κ3) is 5.49. The normalized spacial score (nSPS) is 23.0. The molecule has 0 aliphatic heterocycles. The second kappa shape index (κ2) is 8.59. The number of nitrogens with one attached hydrogen (secondary N) is 1. The smallest absolute Gasteiger partial charge is 0.146 e. The Morgan fingerprint density at radius 2 is 1.84 bits per heavy atom. The SMILES string of the molecule is CC(C)[C@H](CO)NCc1nc(C2CCC(C(C)(C)C)CC2)ccc1F. The van der Waals surface area contributed by atoms with E-state index >= 15 is 0 Å². The maximum absolute atomic E-state index is 14.1. The van der Waals surface area contributed by atoms with Gasteiger partial charge in [0, 0.05) is 24.2 Å². The van der Waals surface area contributed by atoms with Gasteiger partial charge in [-0.05, 0) is 55.1 Å². The van der Waals surface area contributed by atoms with Crippen LogP contribution in [0.5, 0.6) is 0 Å². The Kier molecular flexibility index (Phi) is 6.98. The van der Waals surface area contributed by atoms with Gasteiger partial charge in [-0.2, -0.15) is 0 Å². The maximum atomic E-state index is 14.1. The van der Waals surface area contributed by atoms with E-state index in [1.54, 1.807) is 6.07 Å². The van der Waals surface area contributed by atoms with Crippen LogP contribution in [0.15, 0.2) is 12.1 Å². The standard InChI is InChI=1S/C21H35FN2O/c1-14(2)20(13-25)23-12-19-17(22)10-11-18(24-19)15-6-8-16(9-7-15)21(3,4)5/h10-11,14-16,20,23,25H,6-9,12-13H2,1-5H3/t15?,16?,20-/m0/s1. The first-order valence-corrected chi connectivity index (χ1v) is 9.72. The van der Waals surface area contributed by atoms with Crippen LogP contribution in [0.3, 0.4) is 0 Å². The first-order valence-electron chi connectivity index (χ1n) is 9.72. The summed E-state index contributed by atoms with van der Waals surface area (Å²) in [6, 6.07) is 3.37. The van der Waals surface area contributed by atoms with Gasteiger partial charge in [0.25, 0.3) is 0 Å². The van der Waals surface area contributed by atoms with Crippen LogP contribution < -0.4 is 5.32 Å². The molecule has 0 unspecified atom stereocenters. The van der Waals surface area contributed by atoms with Crippen molar-refractivity contribution in [2.24, 2.45) is 17.3 Å². The number of aliphatic hydroxyl groups is 1. The van der Waals surface area contributed by atoms with E-state index in [2.05, 4.69) is 31.1 Å². The molecule has 2 rings (SSSR count). The van der Waals surface area contributed by atoms with E-state index in [1.807, 2.05) is 19.9 Å². The van der Waals surface area contributed by atoms with Gasteiger partial charge in [0.2, 0.25) is 0 Å². The number of aliphatic hydroxyl groups excluding tert-OH is 1. The first kappa shape index (κ1) is 20.3. The number of nitrogens with zero attached hydrogens (tertiary/aromatic N) is 1. The summed E-state index contributed by atoms with van der Waals surface area (Å²) in [5.74, 6) is 1.24. The highest BCUT2D eigenvalue weighted by Gasteiger charge is 2.30. The van der Waals surface area contributed by atoms with Crippen LogP contribution in [-0.4, -0.2) is 22.7 Å². The Balaban J connectivity index is 2.02. The summed E-state index contributed by atoms with van der Waals surface area (Å²) in [6.07, 6.45) is 4.72. The Bertz CT molecular complexity index is 545. The largest absolute Gasteiger partial charge is 0.395 e. The summed E-state index contributed by atoms with van der Waals surface area (Å²) in [5, 5.41) is 12.6. The van der Waals surface area contributed by atoms with Gasteiger partial charge in [-0.15, -0.1) is 0 Å². The fourth-order valence-electron chi connectivity index (χ4n) is 3.85. The third-order valence-electron chi connectivity index (χ3n) is 5.84. The average Bonchev–Trinajstić information content (AvgIpc) is 2.56. The number of rotatable bonds is 6. The van der Waals surface area contributed by atoms with Crippen molar-refractivity contribution in [1.29, 1.82) is 0 Å². The van der Waals surface area contributed by atoms with E-state index in [-0.39, 0.29) is 18.5 Å². The van der Waals surface area contributed by atoms with Gasteiger partial charge in [0.15, 0.2) is 0 Å². The summed E-state index contributed by atoms with van der Waals surface area (Å²) < 4.78 is 14.1. The predicted octanol–water partition coefficient (Wildman–Crippen LogP) is 4.65. The molecule has 1 atom stereocenters. The fourth-order valence-corrected chi connectivity index (χ4v) is 3.85. The quantitative estimate of drug-likeness (QED) is 0.785. The van der Waals surface area contributed by atoms with Crippen LogP contribution in [0.25, 0.3) is 0 Å². The molecule has 1 aromatic heterocycles. The zero-order valence-electron chi connectivity index (χ0n) is 16.5. The zero-order chi connectivity index (χ0) is 18.6. The van der Waals surface area contributed by atoms with E-state index in [4.69, 9.17) is 0 Å². The molecule has 1 heterocycles. The molecule has 142 valence electrons. The molecule has 4 heteroatoms. The lowest BCUT2D eigenvalue weighted by Crippen LogP contribution is -2.37. The van der Waals surface area contributed by atoms with Crippen LogP contribution in [0.4, 0.5) is 4.39 Å². The average molecular weight is 351 g/mol. The van der Waals surface area contributed by atoms with Crippen LogP contribution in [0.1, 0.15) is 77.6 Å². The van der Waals surface area contributed by atoms with Crippen molar-refractivity contribution in [2.75, 3.05) is 6.61 Å². The highest BCUT2D eigenvalue weighted by atomic mass is 19.1. The molecular weight excluding hydrogens is 315 g/mol. The first-order chi connectivity index (χ1) is 11.7. The van der Waals surface area contributed by atoms with Gasteiger partial charge in [0.1, 0.15) is 5.82 Å². The van der Waals surface area contributed by atoms with E-state index in [0.717, 1.165) is 24.5 Å². The third-order valence-corrected chi connectivity index (χ3v) is 5.84. The number of hydrogen-bond donors (Lipinski definition) is 2. The Morgan fingerprint density at radius 1 is 1.20 bits per heavy atom. The topological polar surface area (TPSA) is 45.1 Å². The molecule has 0 saturated heterocycles. The van der Waals surface area contributed by atoms with Gasteiger partial charge in [-0.25, -0.2) is 4.39 Å². The van der Waals surface area contributed by atoms with Gasteiger partial charge >= 0.3 is 0 Å². The lowest BCUT2D eigenvalue weighted by atomic mass is 9.69. The van der Waals surface area contributed by atoms with Crippen molar-refractivity contribution >= 4 is 0 Å². The molecule has 25 heavy (non-hydrogen) atoms. The molecule has 0 amide bonds. The van der Waals surface area contributed by atoms with Crippen LogP contribution in [-0.2, 0) is 6.54 Å². The predicted molar refractivity (Wildman–Crippen MR) is 101 cm³/mol. The minimum absolute atomic E-state index is 0.0351. The second-order valence-corrected chi connectivity index (χ2v) is 8.99. The molecule has 1 aliphatic rings. The summed E-state index contributed by atoms with van der Waals surface area (Å²) >= 11 is 0. The molecule has 1 aromatic rings. The molecule has 1 fully saturated rings. The van der Waals surface area contributed by atoms with Crippen molar-refractivity contribution in [2.45, 2.75) is 78.8 Å². The van der Waals surface area contributed by atoms with Gasteiger partial charge in [-0.3, -0.25) is 4.98 Å². The number of hydrogen-bond acceptors (Lipinski definition) is 3. The van der Waals surface area contributed by atoms with Crippen molar-refractivity contribution in [3.8, 4) is 0 Å². The minimum atomic E-state index is -0.264. The Morgan fingerprint density at radius 3 is 2.36 bits per heavy atom. The van der Waals surface area contributed by atoms with Crippen molar-refractivity contribution in [1.82, 2.24) is 10.3 Å². The molecule has 1 aliphatic carbocycles. The Hall–Kier alpha value is -1.00. The van der Waals surface area contributed by atoms with Crippen LogP contribution >= 0.6 is 0 Å². The summed E-state index contributed by atoms with van der Waals surface area (Å²) in [6.45, 7) is 11.5. The molecule has 0 aromatic carbocycles. The van der Waals surface area contributed by atoms with Gasteiger partial charge in [0.05, 0.1) is 12.3 Å². The number of halogens is 1. The lowest BCUT2D eigenvalue weighted by molar-refractivity contribution is 0.168. The van der Waals surface area contributed by atoms with Crippen molar-refractivity contribution < 1.29 is 9.50 Å². The monoisotopic (exact) mass is 350 g/mol. The molecule has 2 N–H and O–H groups in total. The van der Waals surface area contributed by atoms with Gasteiger partial charge < -0.3 is 10.4 Å². The van der Waals surface area contributed by atoms with Gasteiger partial charge in [-0.1, -0.05) is 34.6 Å². The molecule has 0 radical (unpaired) electrons. The van der Waals surface area contributed by atoms with E-state index < -0.39 is 0 Å². The van der Waals surface area contributed by atoms with Crippen LogP contribution in [0.2, 0.25) is 0 Å². The molecule has 3 nitrogen and oxygen atoms in total. The molecule has 1 saturated carbocycles. The highest BCUT2D eigenvalue weighted by Crippen LogP contribution is 2.42. The number of aromatic nitrogens is 1. The highest BCUT2D eigenvalue weighted by molar-refractivity contribution is 5.17. The molecule has 0 bridgehead atoms. The van der Waals surface area contributed by atoms with E-state index in [9.17, 15) is 9.50 Å². The zero-order valence-corrected chi connectivity index (χ0v) is 16.5. The van der Waals surface area contributed by atoms with Crippen LogP contribution in [0, 0.1) is 23.1 Å². The minimum Gasteiger partial charge on any atom is -0.395 e. The Labute approximate surface area is 152 Å². The maximum Gasteiger partial charge on any atom is 0.146 e. The van der Waals surface area contributed by atoms with E-state index in [1.165, 1.54) is 12.8 Å². The summed E-state index contributed by atoms with van der Waals surface area (Å²) in [4.78, 5) is 4.63. The lowest BCUT2D eigenvalue weighted by Gasteiger charge is -2.36. The van der Waals surface area contributed by atoms with Crippen molar-refractivity contribution in [3.05, 3.63) is 29.3 Å². The summed E-state index contributed by atoms with van der Waals surface area (Å²) in [7, 11) is 0.